The van der Waals surface area contributed by atoms with Gasteiger partial charge in [0.25, 0.3) is 0 Å². The molecule has 0 unspecified atom stereocenters. The Bertz CT molecular complexity index is 544. The Labute approximate surface area is 108 Å². The summed E-state index contributed by atoms with van der Waals surface area (Å²) in [5.41, 5.74) is 1.84. The standard InChI is InChI=1S/C14H17NO2S/c16-18(17,12-14-9-5-2-6-10-14)15-11-13-7-3-1-4-8-13/h1,3-5,7-10,15H,2,6,11-12H2. The third-order valence-corrected chi connectivity index (χ3v) is 4.07. The molecule has 0 amide bonds. The zero-order valence-corrected chi connectivity index (χ0v) is 11.0. The van der Waals surface area contributed by atoms with Crippen LogP contribution in [0.3, 0.4) is 0 Å². The molecular weight excluding hydrogens is 246 g/mol. The van der Waals surface area contributed by atoms with Crippen LogP contribution in [0.15, 0.2) is 54.1 Å². The maximum atomic E-state index is 11.9. The third kappa shape index (κ3) is 4.13. The van der Waals surface area contributed by atoms with E-state index in [1.165, 1.54) is 0 Å². The smallest absolute Gasteiger partial charge is 0.212 e. The van der Waals surface area contributed by atoms with Crippen molar-refractivity contribution >= 4 is 10.0 Å². The summed E-state index contributed by atoms with van der Waals surface area (Å²) in [7, 11) is -3.25. The number of rotatable bonds is 5. The lowest BCUT2D eigenvalue weighted by Crippen LogP contribution is -2.26. The second kappa shape index (κ2) is 5.98. The number of benzene rings is 1. The fraction of sp³-hybridized carbons (Fsp3) is 0.286. The van der Waals surface area contributed by atoms with Crippen molar-refractivity contribution in [3.05, 3.63) is 59.7 Å². The maximum Gasteiger partial charge on any atom is 0.216 e. The first kappa shape index (κ1) is 13.1. The second-order valence-electron chi connectivity index (χ2n) is 4.32. The molecule has 1 N–H and O–H groups in total. The molecule has 0 atom stereocenters. The molecule has 1 aromatic rings. The first-order valence-electron chi connectivity index (χ1n) is 6.02. The van der Waals surface area contributed by atoms with Gasteiger partial charge >= 0.3 is 0 Å². The van der Waals surface area contributed by atoms with Gasteiger partial charge in [0.15, 0.2) is 0 Å². The average molecular weight is 263 g/mol. The minimum absolute atomic E-state index is 0.0658. The second-order valence-corrected chi connectivity index (χ2v) is 6.13. The van der Waals surface area contributed by atoms with Crippen LogP contribution in [0, 0.1) is 0 Å². The Morgan fingerprint density at radius 2 is 1.89 bits per heavy atom. The summed E-state index contributed by atoms with van der Waals surface area (Å²) in [6.45, 7) is 0.347. The first-order chi connectivity index (χ1) is 8.66. The summed E-state index contributed by atoms with van der Waals surface area (Å²) in [4.78, 5) is 0. The van der Waals surface area contributed by atoms with Crippen LogP contribution < -0.4 is 4.72 Å². The van der Waals surface area contributed by atoms with Gasteiger partial charge < -0.3 is 0 Å². The molecule has 4 heteroatoms. The first-order valence-corrected chi connectivity index (χ1v) is 7.68. The SMILES string of the molecule is O=S(=O)(CC1=CCCC=C1)NCc1ccccc1. The number of allylic oxidation sites excluding steroid dienone is 3. The third-order valence-electron chi connectivity index (χ3n) is 2.77. The topological polar surface area (TPSA) is 46.2 Å². The fourth-order valence-corrected chi connectivity index (χ4v) is 2.98. The van der Waals surface area contributed by atoms with Gasteiger partial charge in [0.05, 0.1) is 5.75 Å². The van der Waals surface area contributed by atoms with Gasteiger partial charge in [-0.3, -0.25) is 0 Å². The molecule has 0 heterocycles. The molecule has 1 aromatic carbocycles. The van der Waals surface area contributed by atoms with Crippen molar-refractivity contribution in [2.75, 3.05) is 5.75 Å². The van der Waals surface area contributed by atoms with E-state index in [1.807, 2.05) is 48.6 Å². The van der Waals surface area contributed by atoms with Crippen molar-refractivity contribution in [2.45, 2.75) is 19.4 Å². The zero-order chi connectivity index (χ0) is 12.8. The van der Waals surface area contributed by atoms with Gasteiger partial charge in [-0.25, -0.2) is 13.1 Å². The monoisotopic (exact) mass is 263 g/mol. The van der Waals surface area contributed by atoms with E-state index >= 15 is 0 Å². The molecule has 0 spiro atoms. The summed E-state index contributed by atoms with van der Waals surface area (Å²) in [5.74, 6) is 0.0658. The highest BCUT2D eigenvalue weighted by Crippen LogP contribution is 2.11. The highest BCUT2D eigenvalue weighted by atomic mass is 32.2. The van der Waals surface area contributed by atoms with Crippen molar-refractivity contribution in [1.29, 1.82) is 0 Å². The normalized spacial score (nSPS) is 15.4. The molecule has 0 saturated carbocycles. The Kier molecular flexibility index (Phi) is 4.33. The summed E-state index contributed by atoms with van der Waals surface area (Å²) >= 11 is 0. The van der Waals surface area contributed by atoms with Crippen LogP contribution in [-0.2, 0) is 16.6 Å². The zero-order valence-electron chi connectivity index (χ0n) is 10.2. The van der Waals surface area contributed by atoms with E-state index < -0.39 is 10.0 Å². The van der Waals surface area contributed by atoms with E-state index in [0.717, 1.165) is 24.0 Å². The highest BCUT2D eigenvalue weighted by molar-refractivity contribution is 7.89. The summed E-state index contributed by atoms with van der Waals surface area (Å²) in [5, 5.41) is 0. The molecule has 0 aliphatic heterocycles. The predicted molar refractivity (Wildman–Crippen MR) is 73.5 cm³/mol. The average Bonchev–Trinajstić information content (AvgIpc) is 2.38. The van der Waals surface area contributed by atoms with Crippen molar-refractivity contribution in [3.63, 3.8) is 0 Å². The largest absolute Gasteiger partial charge is 0.216 e. The molecule has 0 radical (unpaired) electrons. The van der Waals surface area contributed by atoms with Crippen LogP contribution in [0.5, 0.6) is 0 Å². The maximum absolute atomic E-state index is 11.9. The van der Waals surface area contributed by atoms with Gasteiger partial charge in [-0.1, -0.05) is 48.6 Å². The molecule has 3 nitrogen and oxygen atoms in total. The van der Waals surface area contributed by atoms with Crippen LogP contribution >= 0.6 is 0 Å². The quantitative estimate of drug-likeness (QED) is 0.886. The van der Waals surface area contributed by atoms with E-state index in [2.05, 4.69) is 4.72 Å². The van der Waals surface area contributed by atoms with Crippen molar-refractivity contribution in [2.24, 2.45) is 0 Å². The molecule has 18 heavy (non-hydrogen) atoms. The highest BCUT2D eigenvalue weighted by Gasteiger charge is 2.12. The molecule has 96 valence electrons. The Balaban J connectivity index is 1.92. The molecule has 1 aliphatic carbocycles. The minimum atomic E-state index is -3.25. The van der Waals surface area contributed by atoms with Gasteiger partial charge in [0.1, 0.15) is 0 Å². The number of nitrogens with one attached hydrogen (secondary N) is 1. The molecule has 1 aliphatic rings. The summed E-state index contributed by atoms with van der Waals surface area (Å²) in [6, 6.07) is 9.52. The Morgan fingerprint density at radius 3 is 2.56 bits per heavy atom. The van der Waals surface area contributed by atoms with E-state index in [-0.39, 0.29) is 5.75 Å². The van der Waals surface area contributed by atoms with Gasteiger partial charge in [-0.2, -0.15) is 0 Å². The molecule has 0 fully saturated rings. The molecule has 0 aromatic heterocycles. The summed E-state index contributed by atoms with van der Waals surface area (Å²) in [6.07, 6.45) is 7.83. The van der Waals surface area contributed by atoms with Crippen molar-refractivity contribution in [3.8, 4) is 0 Å². The predicted octanol–water partition coefficient (Wildman–Crippen LogP) is 2.38. The van der Waals surface area contributed by atoms with Crippen LogP contribution in [0.25, 0.3) is 0 Å². The number of hydrogen-bond donors (Lipinski definition) is 1. The van der Waals surface area contributed by atoms with Crippen LogP contribution in [0.1, 0.15) is 18.4 Å². The fourth-order valence-electron chi connectivity index (χ4n) is 1.83. The van der Waals surface area contributed by atoms with Gasteiger partial charge in [0.2, 0.25) is 10.0 Å². The lowest BCUT2D eigenvalue weighted by atomic mass is 10.1. The lowest BCUT2D eigenvalue weighted by Gasteiger charge is -2.09. The number of sulfonamides is 1. The van der Waals surface area contributed by atoms with Crippen molar-refractivity contribution < 1.29 is 8.42 Å². The Hall–Kier alpha value is -1.39. The molecular formula is C14H17NO2S. The van der Waals surface area contributed by atoms with E-state index in [1.54, 1.807) is 0 Å². The number of hydrogen-bond acceptors (Lipinski definition) is 2. The van der Waals surface area contributed by atoms with Gasteiger partial charge in [-0.05, 0) is 24.0 Å². The molecule has 0 bridgehead atoms. The minimum Gasteiger partial charge on any atom is -0.212 e. The van der Waals surface area contributed by atoms with E-state index in [4.69, 9.17) is 0 Å². The van der Waals surface area contributed by atoms with Crippen LogP contribution in [0.4, 0.5) is 0 Å². The lowest BCUT2D eigenvalue weighted by molar-refractivity contribution is 0.583. The van der Waals surface area contributed by atoms with E-state index in [9.17, 15) is 8.42 Å². The van der Waals surface area contributed by atoms with Gasteiger partial charge in [-0.15, -0.1) is 0 Å². The van der Waals surface area contributed by atoms with Gasteiger partial charge in [0, 0.05) is 6.54 Å². The van der Waals surface area contributed by atoms with Crippen molar-refractivity contribution in [1.82, 2.24) is 4.72 Å². The van der Waals surface area contributed by atoms with Crippen LogP contribution in [0.2, 0.25) is 0 Å². The van der Waals surface area contributed by atoms with E-state index in [0.29, 0.717) is 6.54 Å². The Morgan fingerprint density at radius 1 is 1.11 bits per heavy atom. The molecule has 0 saturated heterocycles. The van der Waals surface area contributed by atoms with Crippen LogP contribution in [-0.4, -0.2) is 14.2 Å². The molecule has 2 rings (SSSR count). The summed E-state index contributed by atoms with van der Waals surface area (Å²) < 4.78 is 26.4.